The van der Waals surface area contributed by atoms with E-state index in [1.807, 2.05) is 30.3 Å². The molecule has 3 heteroatoms. The first-order valence-corrected chi connectivity index (χ1v) is 7.00. The van der Waals surface area contributed by atoms with Gasteiger partial charge in [0.2, 0.25) is 0 Å². The van der Waals surface area contributed by atoms with Crippen LogP contribution < -0.4 is 0 Å². The van der Waals surface area contributed by atoms with E-state index < -0.39 is 0 Å². The molecule has 3 rings (SSSR count). The molecule has 1 saturated heterocycles. The summed E-state index contributed by atoms with van der Waals surface area (Å²) in [6.45, 7) is 3.86. The van der Waals surface area contributed by atoms with Crippen LogP contribution in [0.25, 0.3) is 5.57 Å². The summed E-state index contributed by atoms with van der Waals surface area (Å²) < 4.78 is 5.63. The summed E-state index contributed by atoms with van der Waals surface area (Å²) in [6.07, 6.45) is 6.16. The zero-order valence-electron chi connectivity index (χ0n) is 11.7. The van der Waals surface area contributed by atoms with Crippen LogP contribution in [0.5, 0.6) is 0 Å². The van der Waals surface area contributed by atoms with Gasteiger partial charge >= 0.3 is 5.97 Å². The maximum atomic E-state index is 12.2. The van der Waals surface area contributed by atoms with Gasteiger partial charge in [-0.25, -0.2) is 4.79 Å². The van der Waals surface area contributed by atoms with Gasteiger partial charge in [-0.2, -0.15) is 0 Å². The van der Waals surface area contributed by atoms with Crippen molar-refractivity contribution in [3.05, 3.63) is 54.6 Å². The molecule has 2 heterocycles. The molecule has 1 unspecified atom stereocenters. The first-order valence-electron chi connectivity index (χ1n) is 7.00. The molecular formula is C17H19NO2. The fraction of sp³-hybridized carbons (Fsp3) is 0.353. The highest BCUT2D eigenvalue weighted by Gasteiger charge is 2.36. The van der Waals surface area contributed by atoms with E-state index in [-0.39, 0.29) is 12.1 Å². The lowest BCUT2D eigenvalue weighted by Gasteiger charge is -2.36. The van der Waals surface area contributed by atoms with Gasteiger partial charge in [-0.3, -0.25) is 4.90 Å². The molecule has 1 aromatic carbocycles. The number of esters is 1. The zero-order chi connectivity index (χ0) is 14.1. The van der Waals surface area contributed by atoms with Crippen LogP contribution in [0.1, 0.15) is 18.4 Å². The van der Waals surface area contributed by atoms with Crippen molar-refractivity contribution < 1.29 is 9.53 Å². The summed E-state index contributed by atoms with van der Waals surface area (Å²) in [5.74, 6) is -0.301. The summed E-state index contributed by atoms with van der Waals surface area (Å²) in [7, 11) is 2.12. The van der Waals surface area contributed by atoms with Crippen molar-refractivity contribution in [1.29, 1.82) is 0 Å². The monoisotopic (exact) mass is 269 g/mol. The van der Waals surface area contributed by atoms with Gasteiger partial charge in [-0.1, -0.05) is 49.1 Å². The van der Waals surface area contributed by atoms with E-state index >= 15 is 0 Å². The second-order valence-electron chi connectivity index (χ2n) is 5.53. The first-order chi connectivity index (χ1) is 9.65. The van der Waals surface area contributed by atoms with Crippen molar-refractivity contribution in [3.63, 3.8) is 0 Å². The maximum Gasteiger partial charge on any atom is 0.338 e. The minimum absolute atomic E-state index is 0.0100. The minimum atomic E-state index is -0.301. The molecule has 0 aliphatic carbocycles. The highest BCUT2D eigenvalue weighted by molar-refractivity contribution is 6.15. The fourth-order valence-corrected chi connectivity index (χ4v) is 2.97. The van der Waals surface area contributed by atoms with E-state index in [0.29, 0.717) is 17.7 Å². The van der Waals surface area contributed by atoms with E-state index in [9.17, 15) is 4.79 Å². The van der Waals surface area contributed by atoms with Crippen molar-refractivity contribution in [2.45, 2.75) is 31.0 Å². The number of carbonyl (C=O) groups is 1. The fourth-order valence-electron chi connectivity index (χ4n) is 2.97. The lowest BCUT2D eigenvalue weighted by Crippen LogP contribution is -2.44. The Hall–Kier alpha value is -1.87. The molecule has 1 fully saturated rings. The number of carbonyl (C=O) groups excluding carboxylic acids is 1. The van der Waals surface area contributed by atoms with Crippen molar-refractivity contribution in [2.24, 2.45) is 0 Å². The average molecular weight is 269 g/mol. The van der Waals surface area contributed by atoms with Crippen LogP contribution >= 0.6 is 0 Å². The van der Waals surface area contributed by atoms with Gasteiger partial charge in [0.15, 0.2) is 0 Å². The number of nitrogens with zero attached hydrogens (tertiary/aromatic N) is 1. The van der Waals surface area contributed by atoms with Crippen LogP contribution in [0.15, 0.2) is 49.1 Å². The zero-order valence-corrected chi connectivity index (χ0v) is 11.7. The highest BCUT2D eigenvalue weighted by atomic mass is 16.5. The number of fused-ring (bicyclic) bond motifs is 2. The topological polar surface area (TPSA) is 29.5 Å². The summed E-state index contributed by atoms with van der Waals surface area (Å²) in [4.78, 5) is 14.5. The van der Waals surface area contributed by atoms with Crippen molar-refractivity contribution in [1.82, 2.24) is 4.90 Å². The third kappa shape index (κ3) is 2.41. The Balaban J connectivity index is 1.62. The lowest BCUT2D eigenvalue weighted by molar-refractivity contribution is -0.144. The predicted octanol–water partition coefficient (Wildman–Crippen LogP) is 2.64. The second kappa shape index (κ2) is 5.25. The molecule has 3 nitrogen and oxygen atoms in total. The molecule has 3 atom stereocenters. The van der Waals surface area contributed by atoms with Gasteiger partial charge in [0.05, 0.1) is 5.57 Å². The Bertz CT molecular complexity index is 533. The molecule has 2 aliphatic heterocycles. The predicted molar refractivity (Wildman–Crippen MR) is 79.1 cm³/mol. The molecule has 20 heavy (non-hydrogen) atoms. The van der Waals surface area contributed by atoms with Gasteiger partial charge in [0, 0.05) is 24.9 Å². The van der Waals surface area contributed by atoms with E-state index in [2.05, 4.69) is 30.7 Å². The molecule has 104 valence electrons. The molecule has 0 saturated carbocycles. The lowest BCUT2D eigenvalue weighted by atomic mass is 9.99. The van der Waals surface area contributed by atoms with Gasteiger partial charge in [-0.05, 0) is 12.6 Å². The molecule has 2 aliphatic rings. The van der Waals surface area contributed by atoms with Gasteiger partial charge in [0.1, 0.15) is 6.10 Å². The van der Waals surface area contributed by atoms with Crippen LogP contribution in [0.2, 0.25) is 0 Å². The smallest absolute Gasteiger partial charge is 0.338 e. The number of piperidine rings is 1. The quantitative estimate of drug-likeness (QED) is 0.480. The van der Waals surface area contributed by atoms with E-state index in [1.165, 1.54) is 0 Å². The molecule has 0 N–H and O–H groups in total. The minimum Gasteiger partial charge on any atom is -0.459 e. The van der Waals surface area contributed by atoms with Crippen molar-refractivity contribution >= 4 is 11.5 Å². The molecule has 0 amide bonds. The third-order valence-corrected chi connectivity index (χ3v) is 4.25. The Labute approximate surface area is 119 Å². The molecule has 2 bridgehead atoms. The SMILES string of the molecule is C=C(C(=O)OC1C[C@H]2C=C[C@@H](C1)N2C)c1ccccc1. The Morgan fingerprint density at radius 3 is 2.40 bits per heavy atom. The summed E-state index contributed by atoms with van der Waals surface area (Å²) in [6, 6.07) is 10.3. The van der Waals surface area contributed by atoms with Gasteiger partial charge in [-0.15, -0.1) is 0 Å². The van der Waals surface area contributed by atoms with E-state index in [0.717, 1.165) is 18.4 Å². The van der Waals surface area contributed by atoms with Gasteiger partial charge in [0.25, 0.3) is 0 Å². The molecular weight excluding hydrogens is 250 g/mol. The van der Waals surface area contributed by atoms with Crippen LogP contribution in [0.4, 0.5) is 0 Å². The van der Waals surface area contributed by atoms with Crippen LogP contribution in [0.3, 0.4) is 0 Å². The average Bonchev–Trinajstić information content (AvgIpc) is 2.69. The largest absolute Gasteiger partial charge is 0.459 e. The number of benzene rings is 1. The third-order valence-electron chi connectivity index (χ3n) is 4.25. The molecule has 0 spiro atoms. The van der Waals surface area contributed by atoms with Crippen LogP contribution in [-0.4, -0.2) is 36.1 Å². The second-order valence-corrected chi connectivity index (χ2v) is 5.53. The summed E-state index contributed by atoms with van der Waals surface area (Å²) in [5, 5.41) is 0. The number of ether oxygens (including phenoxy) is 1. The number of likely N-dealkylation sites (N-methyl/N-ethyl adjacent to an activating group) is 1. The van der Waals surface area contributed by atoms with Crippen molar-refractivity contribution in [3.8, 4) is 0 Å². The van der Waals surface area contributed by atoms with Crippen LogP contribution in [-0.2, 0) is 9.53 Å². The number of hydrogen-bond acceptors (Lipinski definition) is 3. The highest BCUT2D eigenvalue weighted by Crippen LogP contribution is 2.31. The van der Waals surface area contributed by atoms with Crippen LogP contribution in [0, 0.1) is 0 Å². The number of rotatable bonds is 3. The maximum absolute atomic E-state index is 12.2. The van der Waals surface area contributed by atoms with Gasteiger partial charge < -0.3 is 4.74 Å². The summed E-state index contributed by atoms with van der Waals surface area (Å²) >= 11 is 0. The van der Waals surface area contributed by atoms with E-state index in [1.54, 1.807) is 0 Å². The molecule has 1 aromatic rings. The Kier molecular flexibility index (Phi) is 3.45. The normalized spacial score (nSPS) is 28.4. The standard InChI is InChI=1S/C17H19NO2/c1-12(13-6-4-3-5-7-13)17(19)20-16-10-14-8-9-15(11-16)18(14)2/h3-9,14-16H,1,10-11H2,2H3/t14-,15+,16?. The first kappa shape index (κ1) is 13.1. The summed E-state index contributed by atoms with van der Waals surface area (Å²) in [5.41, 5.74) is 1.26. The Morgan fingerprint density at radius 1 is 1.20 bits per heavy atom. The van der Waals surface area contributed by atoms with Crippen molar-refractivity contribution in [2.75, 3.05) is 7.05 Å². The Morgan fingerprint density at radius 2 is 1.80 bits per heavy atom. The number of hydrogen-bond donors (Lipinski definition) is 0. The molecule has 0 radical (unpaired) electrons. The molecule has 0 aromatic heterocycles. The van der Waals surface area contributed by atoms with E-state index in [4.69, 9.17) is 4.74 Å².